The van der Waals surface area contributed by atoms with Crippen LogP contribution in [0.3, 0.4) is 0 Å². The average molecular weight is 965 g/mol. The summed E-state index contributed by atoms with van der Waals surface area (Å²) in [6.07, 6.45) is 15.5. The third kappa shape index (κ3) is 9.25. The summed E-state index contributed by atoms with van der Waals surface area (Å²) in [5.41, 5.74) is 25.2. The molecule has 0 spiro atoms. The summed E-state index contributed by atoms with van der Waals surface area (Å²) < 4.78 is 0. The van der Waals surface area contributed by atoms with Crippen molar-refractivity contribution in [2.24, 2.45) is 0 Å². The van der Waals surface area contributed by atoms with E-state index < -0.39 is 0 Å². The molecule has 5 aromatic heterocycles. The van der Waals surface area contributed by atoms with Crippen LogP contribution in [-0.2, 0) is 19.5 Å². The summed E-state index contributed by atoms with van der Waals surface area (Å²) in [5.74, 6) is 13.2. The van der Waals surface area contributed by atoms with E-state index >= 15 is 0 Å². The van der Waals surface area contributed by atoms with Crippen LogP contribution in [0, 0.1) is 65.2 Å². The van der Waals surface area contributed by atoms with Gasteiger partial charge in [-0.15, -0.1) is 22.1 Å². The largest absolute Gasteiger partial charge is 2.00 e. The summed E-state index contributed by atoms with van der Waals surface area (Å²) in [5, 5.41) is 0. The molecule has 9 aromatic rings. The van der Waals surface area contributed by atoms with Crippen LogP contribution in [0.25, 0.3) is 90.9 Å². The molecule has 4 aromatic carbocycles. The minimum atomic E-state index is 0. The van der Waals surface area contributed by atoms with E-state index in [9.17, 15) is 0 Å². The molecule has 334 valence electrons. The Labute approximate surface area is 427 Å². The molecule has 7 heteroatoms. The zero-order chi connectivity index (χ0) is 47.9. The van der Waals surface area contributed by atoms with Gasteiger partial charge < -0.3 is 9.97 Å². The third-order valence-corrected chi connectivity index (χ3v) is 12.9. The van der Waals surface area contributed by atoms with Gasteiger partial charge in [-0.1, -0.05) is 108 Å². The number of nitrogens with zero attached hydrogens (tertiary/aromatic N) is 6. The predicted molar refractivity (Wildman–Crippen MR) is 287 cm³/mol. The molecule has 0 fully saturated rings. The molecule has 0 radical (unpaired) electrons. The number of aryl methyl sites for hydroxylation is 6. The van der Waals surface area contributed by atoms with Crippen molar-refractivity contribution in [1.82, 2.24) is 29.9 Å². The molecule has 11 rings (SSSR count). The number of hydrogen-bond acceptors (Lipinski definition) is 4. The average Bonchev–Trinajstić information content (AvgIpc) is 4.22. The maximum absolute atomic E-state index is 5.55. The molecule has 0 aliphatic carbocycles. The summed E-state index contributed by atoms with van der Waals surface area (Å²) in [7, 11) is 0. The standard InChI is InChI=1S/C64H46N6.Zn/c1-39-35-41(3)59(42(4)36-39)63-55-23-19-51(67-55)61(49-15-11-45(12-16-49)7-9-47-27-31-65-32-28-47)53-21-25-57(69-53)64(60-43(5)37-40(2)38-44(60)6)58-26-22-54(70-58)62(52-20-24-56(63)68-52)50-17-13-46(14-18-50)8-10-48-29-33-66-34-30-48;/h11-38H,1-6H3;/q-2;+2. The van der Waals surface area contributed by atoms with Crippen molar-refractivity contribution in [3.8, 4) is 68.2 Å². The zero-order valence-electron chi connectivity index (χ0n) is 40.6. The summed E-state index contributed by atoms with van der Waals surface area (Å²) >= 11 is 0. The molecule has 0 saturated heterocycles. The van der Waals surface area contributed by atoms with E-state index in [0.29, 0.717) is 0 Å². The number of benzene rings is 4. The van der Waals surface area contributed by atoms with Crippen LogP contribution in [0.5, 0.6) is 0 Å². The van der Waals surface area contributed by atoms with Gasteiger partial charge in [0.25, 0.3) is 0 Å². The van der Waals surface area contributed by atoms with Gasteiger partial charge in [-0.2, -0.15) is 0 Å². The van der Waals surface area contributed by atoms with Crippen molar-refractivity contribution in [3.63, 3.8) is 0 Å². The van der Waals surface area contributed by atoms with Crippen LogP contribution in [0.4, 0.5) is 0 Å². The molecule has 0 N–H and O–H groups in total. The smallest absolute Gasteiger partial charge is 0.657 e. The second-order valence-electron chi connectivity index (χ2n) is 18.0. The van der Waals surface area contributed by atoms with Crippen LogP contribution in [0.2, 0.25) is 0 Å². The van der Waals surface area contributed by atoms with E-state index in [4.69, 9.17) is 19.9 Å². The maximum atomic E-state index is 5.55. The number of rotatable bonds is 4. The normalized spacial score (nSPS) is 11.4. The summed E-state index contributed by atoms with van der Waals surface area (Å²) in [6, 6.07) is 41.9. The van der Waals surface area contributed by atoms with Gasteiger partial charge in [0.2, 0.25) is 0 Å². The Bertz CT molecular complexity index is 3620. The molecule has 2 aliphatic heterocycles. The van der Waals surface area contributed by atoms with Gasteiger partial charge in [0.15, 0.2) is 0 Å². The van der Waals surface area contributed by atoms with E-state index in [0.717, 1.165) is 134 Å². The van der Waals surface area contributed by atoms with Crippen LogP contribution in [-0.4, -0.2) is 19.9 Å². The van der Waals surface area contributed by atoms with E-state index in [2.05, 4.69) is 197 Å². The fourth-order valence-electron chi connectivity index (χ4n) is 9.94. The van der Waals surface area contributed by atoms with Gasteiger partial charge in [-0.25, -0.2) is 9.97 Å². The molecule has 7 heterocycles. The van der Waals surface area contributed by atoms with E-state index in [1.54, 1.807) is 24.8 Å². The molecule has 0 saturated carbocycles. The van der Waals surface area contributed by atoms with Gasteiger partial charge in [0, 0.05) is 47.0 Å². The minimum absolute atomic E-state index is 0. The summed E-state index contributed by atoms with van der Waals surface area (Å²) in [4.78, 5) is 30.5. The second-order valence-corrected chi connectivity index (χ2v) is 18.0. The van der Waals surface area contributed by atoms with Gasteiger partial charge in [-0.05, 0) is 181 Å². The van der Waals surface area contributed by atoms with Crippen molar-refractivity contribution >= 4 is 46.4 Å². The monoisotopic (exact) mass is 962 g/mol. The Morgan fingerprint density at radius 2 is 0.606 bits per heavy atom. The van der Waals surface area contributed by atoms with E-state index in [1.165, 1.54) is 11.1 Å². The van der Waals surface area contributed by atoms with Crippen molar-refractivity contribution in [3.05, 3.63) is 225 Å². The fraction of sp³-hybridized carbons (Fsp3) is 0.0938. The first-order valence-corrected chi connectivity index (χ1v) is 23.4. The van der Waals surface area contributed by atoms with Crippen LogP contribution in [0.15, 0.2) is 146 Å². The van der Waals surface area contributed by atoms with E-state index in [-0.39, 0.29) is 19.5 Å². The van der Waals surface area contributed by atoms with Gasteiger partial charge in [0.1, 0.15) is 0 Å². The third-order valence-electron chi connectivity index (χ3n) is 12.9. The Balaban J connectivity index is 0.00000582. The molecule has 8 bridgehead atoms. The number of aromatic nitrogens is 6. The van der Waals surface area contributed by atoms with Gasteiger partial charge in [0.05, 0.1) is 22.8 Å². The fourth-order valence-corrected chi connectivity index (χ4v) is 9.94. The van der Waals surface area contributed by atoms with Crippen LogP contribution >= 0.6 is 0 Å². The number of fused-ring (bicyclic) bond motifs is 8. The first kappa shape index (κ1) is 46.3. The predicted octanol–water partition coefficient (Wildman–Crippen LogP) is 14.0. The minimum Gasteiger partial charge on any atom is -0.657 e. The summed E-state index contributed by atoms with van der Waals surface area (Å²) in [6.45, 7) is 13.0. The Morgan fingerprint density at radius 1 is 0.324 bits per heavy atom. The zero-order valence-corrected chi connectivity index (χ0v) is 43.5. The Morgan fingerprint density at radius 3 is 0.930 bits per heavy atom. The molecular formula is C64H46N6Zn. The molecule has 0 unspecified atom stereocenters. The van der Waals surface area contributed by atoms with Gasteiger partial charge in [-0.3, -0.25) is 9.97 Å². The number of hydrogen-bond donors (Lipinski definition) is 0. The van der Waals surface area contributed by atoms with E-state index in [1.807, 2.05) is 24.3 Å². The molecular weight excluding hydrogens is 918 g/mol. The molecule has 0 atom stereocenters. The Kier molecular flexibility index (Phi) is 12.7. The molecule has 71 heavy (non-hydrogen) atoms. The molecule has 2 aliphatic rings. The Hall–Kier alpha value is -8.48. The topological polar surface area (TPSA) is 79.8 Å². The number of pyridine rings is 2. The quantitative estimate of drug-likeness (QED) is 0.129. The maximum Gasteiger partial charge on any atom is 2.00 e. The molecule has 0 amide bonds. The van der Waals surface area contributed by atoms with Crippen molar-refractivity contribution in [2.45, 2.75) is 41.5 Å². The van der Waals surface area contributed by atoms with Crippen molar-refractivity contribution in [1.29, 1.82) is 0 Å². The van der Waals surface area contributed by atoms with Crippen molar-refractivity contribution in [2.75, 3.05) is 0 Å². The molecule has 6 nitrogen and oxygen atoms in total. The van der Waals surface area contributed by atoms with Crippen molar-refractivity contribution < 1.29 is 19.5 Å². The second kappa shape index (κ2) is 19.5. The first-order valence-electron chi connectivity index (χ1n) is 23.4. The van der Waals surface area contributed by atoms with Crippen LogP contribution < -0.4 is 9.97 Å². The van der Waals surface area contributed by atoms with Crippen LogP contribution in [0.1, 0.15) is 78.4 Å². The van der Waals surface area contributed by atoms with Gasteiger partial charge >= 0.3 is 19.5 Å². The SMILES string of the molecule is Cc1cc(C)c(-c2c3nc(c(-c4ccc(C#Cc5ccncc5)cc4)c4ccc([n-]4)c(-c4c(C)cc(C)cc4C)c4nc(c(-c5ccc(C#Cc6ccncc6)cc5)c5ccc2[n-]5)C=C4)C=C3)c(C)c1.[Zn+2]. The first-order chi connectivity index (χ1) is 34.1.